The monoisotopic (exact) mass is 217 g/mol. The molecule has 4 heteroatoms. The van der Waals surface area contributed by atoms with E-state index in [1.165, 1.54) is 17.7 Å². The van der Waals surface area contributed by atoms with Crippen molar-refractivity contribution in [1.82, 2.24) is 15.1 Å². The Morgan fingerprint density at radius 1 is 1.25 bits per heavy atom. The maximum absolute atomic E-state index is 12.8. The highest BCUT2D eigenvalue weighted by Gasteiger charge is 2.19. The van der Waals surface area contributed by atoms with Crippen LogP contribution in [0.1, 0.15) is 17.0 Å². The van der Waals surface area contributed by atoms with Gasteiger partial charge < -0.3 is 5.32 Å². The smallest absolute Gasteiger partial charge is 0.123 e. The summed E-state index contributed by atoms with van der Waals surface area (Å²) in [5.74, 6) is -0.220. The van der Waals surface area contributed by atoms with E-state index in [1.807, 2.05) is 11.6 Å². The van der Waals surface area contributed by atoms with Crippen LogP contribution in [0.3, 0.4) is 0 Å². The average molecular weight is 217 g/mol. The van der Waals surface area contributed by atoms with Gasteiger partial charge in [0.2, 0.25) is 0 Å². The van der Waals surface area contributed by atoms with Crippen LogP contribution in [0.2, 0.25) is 0 Å². The highest BCUT2D eigenvalue weighted by Crippen LogP contribution is 2.21. The van der Waals surface area contributed by atoms with E-state index in [1.54, 1.807) is 12.1 Å². The lowest BCUT2D eigenvalue weighted by Crippen LogP contribution is -2.07. The first kappa shape index (κ1) is 9.54. The van der Waals surface area contributed by atoms with Gasteiger partial charge in [0.25, 0.3) is 0 Å². The van der Waals surface area contributed by atoms with Crippen molar-refractivity contribution in [2.45, 2.75) is 20.0 Å². The van der Waals surface area contributed by atoms with E-state index in [-0.39, 0.29) is 5.82 Å². The molecule has 3 rings (SSSR count). The summed E-state index contributed by atoms with van der Waals surface area (Å²) in [5, 5.41) is 7.78. The molecule has 0 bridgehead atoms. The molecule has 0 radical (unpaired) electrons. The molecule has 0 aliphatic carbocycles. The van der Waals surface area contributed by atoms with Gasteiger partial charge in [-0.1, -0.05) is 0 Å². The summed E-state index contributed by atoms with van der Waals surface area (Å²) >= 11 is 0. The van der Waals surface area contributed by atoms with Gasteiger partial charge in [-0.3, -0.25) is 0 Å². The number of fused-ring (bicyclic) bond motifs is 1. The van der Waals surface area contributed by atoms with Crippen LogP contribution in [0.25, 0.3) is 5.69 Å². The topological polar surface area (TPSA) is 29.9 Å². The first-order valence-corrected chi connectivity index (χ1v) is 5.30. The van der Waals surface area contributed by atoms with Crippen LogP contribution in [0.4, 0.5) is 4.39 Å². The molecule has 0 atom stereocenters. The largest absolute Gasteiger partial charge is 0.307 e. The minimum absolute atomic E-state index is 0.220. The number of hydrogen-bond acceptors (Lipinski definition) is 2. The Bertz CT molecular complexity index is 528. The summed E-state index contributed by atoms with van der Waals surface area (Å²) in [5.41, 5.74) is 4.41. The molecule has 0 amide bonds. The zero-order valence-corrected chi connectivity index (χ0v) is 9.00. The Labute approximate surface area is 92.9 Å². The summed E-state index contributed by atoms with van der Waals surface area (Å²) in [6.07, 6.45) is 0. The zero-order valence-electron chi connectivity index (χ0n) is 9.00. The molecule has 16 heavy (non-hydrogen) atoms. The minimum Gasteiger partial charge on any atom is -0.307 e. The van der Waals surface area contributed by atoms with Gasteiger partial charge in [-0.2, -0.15) is 5.10 Å². The molecule has 1 aromatic carbocycles. The number of benzene rings is 1. The van der Waals surface area contributed by atoms with Crippen molar-refractivity contribution in [3.8, 4) is 5.69 Å². The summed E-state index contributed by atoms with van der Waals surface area (Å²) in [6, 6.07) is 6.41. The molecular weight excluding hydrogens is 205 g/mol. The van der Waals surface area contributed by atoms with Crippen LogP contribution in [-0.2, 0) is 13.1 Å². The lowest BCUT2D eigenvalue weighted by Gasteiger charge is -2.05. The molecule has 0 saturated heterocycles. The Kier molecular flexibility index (Phi) is 2.04. The SMILES string of the molecule is Cc1c2c(nn1-c1ccc(F)cc1)CNC2. The van der Waals surface area contributed by atoms with Crippen LogP contribution in [0.5, 0.6) is 0 Å². The van der Waals surface area contributed by atoms with E-state index in [0.29, 0.717) is 0 Å². The number of aromatic nitrogens is 2. The van der Waals surface area contributed by atoms with E-state index in [2.05, 4.69) is 10.4 Å². The second-order valence-electron chi connectivity index (χ2n) is 4.00. The van der Waals surface area contributed by atoms with Crippen molar-refractivity contribution in [2.75, 3.05) is 0 Å². The molecule has 0 spiro atoms. The number of hydrogen-bond donors (Lipinski definition) is 1. The fourth-order valence-corrected chi connectivity index (χ4v) is 2.10. The second kappa shape index (κ2) is 3.42. The third kappa shape index (κ3) is 1.34. The molecular formula is C12H12FN3. The van der Waals surface area contributed by atoms with E-state index in [0.717, 1.165) is 30.2 Å². The highest BCUT2D eigenvalue weighted by molar-refractivity contribution is 5.38. The summed E-state index contributed by atoms with van der Waals surface area (Å²) in [6.45, 7) is 3.74. The van der Waals surface area contributed by atoms with Crippen LogP contribution >= 0.6 is 0 Å². The summed E-state index contributed by atoms with van der Waals surface area (Å²) < 4.78 is 14.7. The maximum Gasteiger partial charge on any atom is 0.123 e. The Balaban J connectivity index is 2.10. The van der Waals surface area contributed by atoms with Gasteiger partial charge in [0.1, 0.15) is 5.82 Å². The van der Waals surface area contributed by atoms with Crippen LogP contribution in [0, 0.1) is 12.7 Å². The fourth-order valence-electron chi connectivity index (χ4n) is 2.10. The average Bonchev–Trinajstić information content (AvgIpc) is 2.84. The Morgan fingerprint density at radius 3 is 2.69 bits per heavy atom. The second-order valence-corrected chi connectivity index (χ2v) is 4.00. The van der Waals surface area contributed by atoms with E-state index >= 15 is 0 Å². The van der Waals surface area contributed by atoms with Crippen LogP contribution in [0.15, 0.2) is 24.3 Å². The number of halogens is 1. The molecule has 1 aliphatic heterocycles. The predicted molar refractivity (Wildman–Crippen MR) is 58.8 cm³/mol. The highest BCUT2D eigenvalue weighted by atomic mass is 19.1. The van der Waals surface area contributed by atoms with E-state index in [4.69, 9.17) is 0 Å². The van der Waals surface area contributed by atoms with Crippen molar-refractivity contribution < 1.29 is 4.39 Å². The van der Waals surface area contributed by atoms with Gasteiger partial charge in [0, 0.05) is 24.3 Å². The number of nitrogens with one attached hydrogen (secondary N) is 1. The fraction of sp³-hybridized carbons (Fsp3) is 0.250. The normalized spacial score (nSPS) is 14.1. The van der Waals surface area contributed by atoms with Crippen molar-refractivity contribution in [3.63, 3.8) is 0 Å². The van der Waals surface area contributed by atoms with Gasteiger partial charge in [0.15, 0.2) is 0 Å². The van der Waals surface area contributed by atoms with Gasteiger partial charge in [-0.05, 0) is 31.2 Å². The van der Waals surface area contributed by atoms with Gasteiger partial charge in [-0.25, -0.2) is 9.07 Å². The lowest BCUT2D eigenvalue weighted by molar-refractivity contribution is 0.626. The molecule has 3 nitrogen and oxygen atoms in total. The third-order valence-electron chi connectivity index (χ3n) is 2.99. The molecule has 2 aromatic rings. The number of nitrogens with zero attached hydrogens (tertiary/aromatic N) is 2. The van der Waals surface area contributed by atoms with Gasteiger partial charge in [-0.15, -0.1) is 0 Å². The molecule has 1 N–H and O–H groups in total. The molecule has 82 valence electrons. The van der Waals surface area contributed by atoms with Gasteiger partial charge in [0.05, 0.1) is 11.4 Å². The summed E-state index contributed by atoms with van der Waals surface area (Å²) in [7, 11) is 0. The molecule has 1 aromatic heterocycles. The lowest BCUT2D eigenvalue weighted by atomic mass is 10.2. The van der Waals surface area contributed by atoms with Crippen molar-refractivity contribution in [3.05, 3.63) is 47.0 Å². The maximum atomic E-state index is 12.8. The quantitative estimate of drug-likeness (QED) is 0.791. The standard InChI is InChI=1S/C12H12FN3/c1-8-11-6-14-7-12(11)15-16(8)10-4-2-9(13)3-5-10/h2-5,14H,6-7H2,1H3. The first-order chi connectivity index (χ1) is 7.75. The van der Waals surface area contributed by atoms with Crippen LogP contribution < -0.4 is 5.32 Å². The third-order valence-corrected chi connectivity index (χ3v) is 2.99. The molecule has 1 aliphatic rings. The van der Waals surface area contributed by atoms with E-state index < -0.39 is 0 Å². The zero-order chi connectivity index (χ0) is 11.1. The van der Waals surface area contributed by atoms with Gasteiger partial charge >= 0.3 is 0 Å². The predicted octanol–water partition coefficient (Wildman–Crippen LogP) is 1.92. The Hall–Kier alpha value is -1.68. The van der Waals surface area contributed by atoms with Crippen molar-refractivity contribution in [2.24, 2.45) is 0 Å². The molecule has 0 fully saturated rings. The molecule has 0 saturated carbocycles. The van der Waals surface area contributed by atoms with E-state index in [9.17, 15) is 4.39 Å². The van der Waals surface area contributed by atoms with Crippen molar-refractivity contribution in [1.29, 1.82) is 0 Å². The van der Waals surface area contributed by atoms with Crippen molar-refractivity contribution >= 4 is 0 Å². The first-order valence-electron chi connectivity index (χ1n) is 5.30. The summed E-state index contributed by atoms with van der Waals surface area (Å²) in [4.78, 5) is 0. The van der Waals surface area contributed by atoms with Crippen LogP contribution in [-0.4, -0.2) is 9.78 Å². The molecule has 0 unspecified atom stereocenters. The Morgan fingerprint density at radius 2 is 2.00 bits per heavy atom. The molecule has 2 heterocycles. The minimum atomic E-state index is -0.220. The number of rotatable bonds is 1.